The maximum absolute atomic E-state index is 10.6. The Morgan fingerprint density at radius 1 is 1.36 bits per heavy atom. The van der Waals surface area contributed by atoms with E-state index < -0.39 is 0 Å². The zero-order chi connectivity index (χ0) is 9.97. The second-order valence-corrected chi connectivity index (χ2v) is 4.05. The van der Waals surface area contributed by atoms with Crippen molar-refractivity contribution in [1.29, 1.82) is 0 Å². The van der Waals surface area contributed by atoms with E-state index in [4.69, 9.17) is 0 Å². The smallest absolute Gasteiger partial charge is 0.150 e. The average molecular weight is 204 g/mol. The van der Waals surface area contributed by atoms with E-state index in [-0.39, 0.29) is 0 Å². The van der Waals surface area contributed by atoms with Gasteiger partial charge in [-0.05, 0) is 13.0 Å². The highest BCUT2D eigenvalue weighted by molar-refractivity contribution is 7.14. The number of carbonyl (C=O) groups is 1. The molecule has 0 unspecified atom stereocenters. The second-order valence-electron chi connectivity index (χ2n) is 2.87. The summed E-state index contributed by atoms with van der Waals surface area (Å²) >= 11 is 1.52. The Hall–Kier alpha value is -1.55. The molecule has 0 radical (unpaired) electrons. The Morgan fingerprint density at radius 2 is 2.21 bits per heavy atom. The molecular formula is C10H8N2OS. The van der Waals surface area contributed by atoms with Crippen molar-refractivity contribution in [2.45, 2.75) is 6.92 Å². The summed E-state index contributed by atoms with van der Waals surface area (Å²) in [7, 11) is 0. The number of hydrogen-bond acceptors (Lipinski definition) is 4. The van der Waals surface area contributed by atoms with Gasteiger partial charge in [-0.2, -0.15) is 0 Å². The molecule has 14 heavy (non-hydrogen) atoms. The van der Waals surface area contributed by atoms with Crippen LogP contribution in [0.1, 0.15) is 15.4 Å². The van der Waals surface area contributed by atoms with Crippen LogP contribution in [0, 0.1) is 6.92 Å². The first kappa shape index (κ1) is 9.02. The first-order valence-electron chi connectivity index (χ1n) is 4.15. The number of aryl methyl sites for hydroxylation is 1. The fraction of sp³-hybridized carbons (Fsp3) is 0.100. The Balaban J connectivity index is 2.46. The Labute approximate surface area is 85.4 Å². The molecule has 1 aromatic carbocycles. The van der Waals surface area contributed by atoms with Gasteiger partial charge < -0.3 is 0 Å². The van der Waals surface area contributed by atoms with Crippen LogP contribution in [0.25, 0.3) is 10.6 Å². The van der Waals surface area contributed by atoms with Gasteiger partial charge in [-0.1, -0.05) is 29.5 Å². The van der Waals surface area contributed by atoms with Crippen molar-refractivity contribution in [1.82, 2.24) is 10.2 Å². The topological polar surface area (TPSA) is 42.9 Å². The number of hydrogen-bond donors (Lipinski definition) is 0. The lowest BCUT2D eigenvalue weighted by Crippen LogP contribution is -1.81. The summed E-state index contributed by atoms with van der Waals surface area (Å²) < 4.78 is 0. The fourth-order valence-corrected chi connectivity index (χ4v) is 1.85. The lowest BCUT2D eigenvalue weighted by Gasteiger charge is -1.95. The van der Waals surface area contributed by atoms with Crippen molar-refractivity contribution in [3.63, 3.8) is 0 Å². The summed E-state index contributed by atoms with van der Waals surface area (Å²) in [6.07, 6.45) is 0.831. The lowest BCUT2D eigenvalue weighted by atomic mass is 10.1. The van der Waals surface area contributed by atoms with E-state index in [1.807, 2.05) is 25.1 Å². The average Bonchev–Trinajstić information content (AvgIpc) is 2.65. The molecule has 4 heteroatoms. The molecule has 0 aliphatic carbocycles. The van der Waals surface area contributed by atoms with Crippen LogP contribution in [0.2, 0.25) is 0 Å². The van der Waals surface area contributed by atoms with Crippen molar-refractivity contribution in [3.05, 3.63) is 34.8 Å². The number of rotatable bonds is 2. The number of nitrogens with zero attached hydrogens (tertiary/aromatic N) is 2. The summed E-state index contributed by atoms with van der Waals surface area (Å²) in [4.78, 5) is 10.6. The molecule has 0 bridgehead atoms. The number of aldehydes is 1. The molecule has 1 aromatic heterocycles. The Kier molecular flexibility index (Phi) is 2.37. The molecule has 0 saturated heterocycles. The molecule has 0 fully saturated rings. The molecular weight excluding hydrogens is 196 g/mol. The van der Waals surface area contributed by atoms with Gasteiger partial charge in [-0.25, -0.2) is 0 Å². The standard InChI is InChI=1S/C10H8N2OS/c1-7-11-12-10(14-7)9-4-2-3-8(5-9)6-13/h2-6H,1H3. The zero-order valence-electron chi connectivity index (χ0n) is 7.60. The molecule has 0 aliphatic rings. The van der Waals surface area contributed by atoms with Gasteiger partial charge in [0.15, 0.2) is 0 Å². The largest absolute Gasteiger partial charge is 0.298 e. The van der Waals surface area contributed by atoms with Crippen molar-refractivity contribution in [3.8, 4) is 10.6 Å². The van der Waals surface area contributed by atoms with Crippen molar-refractivity contribution in [2.75, 3.05) is 0 Å². The molecule has 0 N–H and O–H groups in total. The van der Waals surface area contributed by atoms with Gasteiger partial charge >= 0.3 is 0 Å². The minimum absolute atomic E-state index is 0.662. The number of carbonyl (C=O) groups excluding carboxylic acids is 1. The highest BCUT2D eigenvalue weighted by Crippen LogP contribution is 2.23. The molecule has 0 atom stereocenters. The van der Waals surface area contributed by atoms with E-state index in [9.17, 15) is 4.79 Å². The van der Waals surface area contributed by atoms with Crippen molar-refractivity contribution < 1.29 is 4.79 Å². The molecule has 2 aromatic rings. The molecule has 2 rings (SSSR count). The minimum atomic E-state index is 0.662. The van der Waals surface area contributed by atoms with Gasteiger partial charge in [0, 0.05) is 11.1 Å². The quantitative estimate of drug-likeness (QED) is 0.705. The van der Waals surface area contributed by atoms with Crippen LogP contribution in [0.4, 0.5) is 0 Å². The monoisotopic (exact) mass is 204 g/mol. The van der Waals surface area contributed by atoms with Crippen LogP contribution in [-0.2, 0) is 0 Å². The van der Waals surface area contributed by atoms with E-state index in [0.29, 0.717) is 5.56 Å². The normalized spacial score (nSPS) is 10.1. The van der Waals surface area contributed by atoms with E-state index in [1.54, 1.807) is 6.07 Å². The summed E-state index contributed by atoms with van der Waals surface area (Å²) in [5, 5.41) is 9.72. The fourth-order valence-electron chi connectivity index (χ4n) is 1.16. The lowest BCUT2D eigenvalue weighted by molar-refractivity contribution is 0.112. The first-order valence-corrected chi connectivity index (χ1v) is 4.97. The summed E-state index contributed by atoms with van der Waals surface area (Å²) in [6.45, 7) is 1.91. The third kappa shape index (κ3) is 1.70. The van der Waals surface area contributed by atoms with Crippen molar-refractivity contribution >= 4 is 17.6 Å². The number of aromatic nitrogens is 2. The molecule has 0 amide bonds. The molecule has 70 valence electrons. The highest BCUT2D eigenvalue weighted by atomic mass is 32.1. The zero-order valence-corrected chi connectivity index (χ0v) is 8.41. The SMILES string of the molecule is Cc1nnc(-c2cccc(C=O)c2)s1. The number of benzene rings is 1. The van der Waals surface area contributed by atoms with Crippen LogP contribution >= 0.6 is 11.3 Å². The van der Waals surface area contributed by atoms with Gasteiger partial charge in [-0.15, -0.1) is 10.2 Å². The van der Waals surface area contributed by atoms with Gasteiger partial charge in [0.05, 0.1) is 0 Å². The van der Waals surface area contributed by atoms with E-state index in [2.05, 4.69) is 10.2 Å². The predicted molar refractivity (Wildman–Crippen MR) is 55.5 cm³/mol. The first-order chi connectivity index (χ1) is 6.79. The van der Waals surface area contributed by atoms with Crippen LogP contribution in [-0.4, -0.2) is 16.5 Å². The van der Waals surface area contributed by atoms with Gasteiger partial charge in [-0.3, -0.25) is 4.79 Å². The van der Waals surface area contributed by atoms with E-state index in [0.717, 1.165) is 21.9 Å². The third-order valence-electron chi connectivity index (χ3n) is 1.80. The van der Waals surface area contributed by atoms with Gasteiger partial charge in [0.1, 0.15) is 16.3 Å². The molecule has 0 spiro atoms. The summed E-state index contributed by atoms with van der Waals surface area (Å²) in [6, 6.07) is 7.35. The molecule has 0 aliphatic heterocycles. The maximum Gasteiger partial charge on any atom is 0.150 e. The van der Waals surface area contributed by atoms with Crippen molar-refractivity contribution in [2.24, 2.45) is 0 Å². The molecule has 1 heterocycles. The Morgan fingerprint density at radius 3 is 2.86 bits per heavy atom. The van der Waals surface area contributed by atoms with Crippen LogP contribution < -0.4 is 0 Å². The molecule has 3 nitrogen and oxygen atoms in total. The van der Waals surface area contributed by atoms with E-state index >= 15 is 0 Å². The van der Waals surface area contributed by atoms with E-state index in [1.165, 1.54) is 11.3 Å². The summed E-state index contributed by atoms with van der Waals surface area (Å²) in [5.41, 5.74) is 1.61. The Bertz CT molecular complexity index is 465. The molecule has 0 saturated carbocycles. The van der Waals surface area contributed by atoms with Crippen LogP contribution in [0.15, 0.2) is 24.3 Å². The predicted octanol–water partition coefficient (Wildman–Crippen LogP) is 2.33. The summed E-state index contributed by atoms with van der Waals surface area (Å²) in [5.74, 6) is 0. The maximum atomic E-state index is 10.6. The van der Waals surface area contributed by atoms with Crippen LogP contribution in [0.5, 0.6) is 0 Å². The van der Waals surface area contributed by atoms with Gasteiger partial charge in [0.25, 0.3) is 0 Å². The third-order valence-corrected chi connectivity index (χ3v) is 2.68. The van der Waals surface area contributed by atoms with Gasteiger partial charge in [0.2, 0.25) is 0 Å². The van der Waals surface area contributed by atoms with Crippen LogP contribution in [0.3, 0.4) is 0 Å². The highest BCUT2D eigenvalue weighted by Gasteiger charge is 2.03. The second kappa shape index (κ2) is 3.67. The minimum Gasteiger partial charge on any atom is -0.298 e.